The lowest BCUT2D eigenvalue weighted by Gasteiger charge is -2.43. The van der Waals surface area contributed by atoms with E-state index in [1.165, 1.54) is 0 Å². The number of alkyl carbamates (subject to hydrolysis) is 1. The van der Waals surface area contributed by atoms with E-state index in [2.05, 4.69) is 5.32 Å². The number of nitrogens with one attached hydrogen (secondary N) is 1. The number of aromatic nitrogens is 1. The summed E-state index contributed by atoms with van der Waals surface area (Å²) in [6.45, 7) is 8.84. The summed E-state index contributed by atoms with van der Waals surface area (Å²) in [5.41, 5.74) is 0.419. The second-order valence-corrected chi connectivity index (χ2v) is 8.31. The van der Waals surface area contributed by atoms with E-state index in [9.17, 15) is 14.4 Å². The number of pyridine rings is 1. The number of fused-ring (bicyclic) bond motifs is 4. The van der Waals surface area contributed by atoms with E-state index in [0.29, 0.717) is 19.6 Å². The highest BCUT2D eigenvalue weighted by Crippen LogP contribution is 2.35. The molecule has 1 aromatic rings. The third-order valence-electron chi connectivity index (χ3n) is 4.90. The number of carbonyl (C=O) groups is 2. The van der Waals surface area contributed by atoms with Gasteiger partial charge in [-0.15, -0.1) is 0 Å². The van der Waals surface area contributed by atoms with Crippen molar-refractivity contribution in [2.24, 2.45) is 5.92 Å². The zero-order chi connectivity index (χ0) is 19.1. The molecule has 2 aliphatic heterocycles. The Morgan fingerprint density at radius 3 is 2.65 bits per heavy atom. The molecule has 1 aromatic heterocycles. The fourth-order valence-corrected chi connectivity index (χ4v) is 3.90. The molecule has 1 saturated heterocycles. The van der Waals surface area contributed by atoms with E-state index in [1.54, 1.807) is 39.8 Å². The van der Waals surface area contributed by atoms with Crippen LogP contribution in [0.1, 0.15) is 45.7 Å². The lowest BCUT2D eigenvalue weighted by atomic mass is 9.83. The number of hydrogen-bond acceptors (Lipinski definition) is 4. The van der Waals surface area contributed by atoms with Crippen molar-refractivity contribution in [3.05, 3.63) is 34.2 Å². The molecule has 0 spiro atoms. The first-order valence-electron chi connectivity index (χ1n) is 9.12. The SMILES string of the molecule is C[C@H](NC(=O)OC(C)(C)C)C(=O)N1C[C@@H]2C[C@H](C1)c1cccc(=O)n1C2. The van der Waals surface area contributed by atoms with Gasteiger partial charge in [-0.25, -0.2) is 4.79 Å². The van der Waals surface area contributed by atoms with Crippen molar-refractivity contribution in [2.45, 2.75) is 58.2 Å². The molecule has 0 unspecified atom stereocenters. The molecule has 2 bridgehead atoms. The summed E-state index contributed by atoms with van der Waals surface area (Å²) in [6.07, 6.45) is 0.397. The molecule has 0 aliphatic carbocycles. The van der Waals surface area contributed by atoms with Crippen LogP contribution in [0.15, 0.2) is 23.0 Å². The highest BCUT2D eigenvalue weighted by atomic mass is 16.6. The molecule has 0 saturated carbocycles. The molecular weight excluding hydrogens is 334 g/mol. The zero-order valence-corrected chi connectivity index (χ0v) is 15.8. The highest BCUT2D eigenvalue weighted by Gasteiger charge is 2.37. The monoisotopic (exact) mass is 361 g/mol. The first kappa shape index (κ1) is 18.5. The van der Waals surface area contributed by atoms with Crippen LogP contribution >= 0.6 is 0 Å². The lowest BCUT2D eigenvalue weighted by molar-refractivity contribution is -0.135. The Morgan fingerprint density at radius 1 is 1.23 bits per heavy atom. The normalized spacial score (nSPS) is 23.0. The van der Waals surface area contributed by atoms with Gasteiger partial charge in [0.15, 0.2) is 0 Å². The van der Waals surface area contributed by atoms with E-state index in [0.717, 1.165) is 12.1 Å². The number of rotatable bonds is 2. The van der Waals surface area contributed by atoms with Crippen molar-refractivity contribution >= 4 is 12.0 Å². The fraction of sp³-hybridized carbons (Fsp3) is 0.632. The molecule has 0 aromatic carbocycles. The predicted molar refractivity (Wildman–Crippen MR) is 97.0 cm³/mol. The second-order valence-electron chi connectivity index (χ2n) is 8.31. The maximum Gasteiger partial charge on any atom is 0.408 e. The summed E-state index contributed by atoms with van der Waals surface area (Å²) in [4.78, 5) is 38.6. The molecule has 7 heteroatoms. The summed E-state index contributed by atoms with van der Waals surface area (Å²) >= 11 is 0. The van der Waals surface area contributed by atoms with Gasteiger partial charge in [-0.2, -0.15) is 0 Å². The molecule has 1 N–H and O–H groups in total. The fourth-order valence-electron chi connectivity index (χ4n) is 3.90. The number of hydrogen-bond donors (Lipinski definition) is 1. The molecule has 2 amide bonds. The highest BCUT2D eigenvalue weighted by molar-refractivity contribution is 5.85. The topological polar surface area (TPSA) is 80.6 Å². The van der Waals surface area contributed by atoms with Gasteiger partial charge in [0.25, 0.3) is 5.56 Å². The van der Waals surface area contributed by atoms with Crippen LogP contribution in [0.2, 0.25) is 0 Å². The number of ether oxygens (including phenoxy) is 1. The third kappa shape index (κ3) is 3.92. The number of piperidine rings is 1. The molecule has 3 heterocycles. The third-order valence-corrected chi connectivity index (χ3v) is 4.90. The van der Waals surface area contributed by atoms with Gasteiger partial charge in [-0.1, -0.05) is 6.07 Å². The molecule has 1 fully saturated rings. The van der Waals surface area contributed by atoms with Crippen molar-refractivity contribution < 1.29 is 14.3 Å². The van der Waals surface area contributed by atoms with Crippen molar-refractivity contribution in [3.8, 4) is 0 Å². The number of nitrogens with zero attached hydrogens (tertiary/aromatic N) is 2. The van der Waals surface area contributed by atoms with E-state index in [-0.39, 0.29) is 23.3 Å². The molecule has 3 rings (SSSR count). The average molecular weight is 361 g/mol. The van der Waals surface area contributed by atoms with Gasteiger partial charge < -0.3 is 19.5 Å². The van der Waals surface area contributed by atoms with Crippen LogP contribution in [0.3, 0.4) is 0 Å². The van der Waals surface area contributed by atoms with E-state index >= 15 is 0 Å². The van der Waals surface area contributed by atoms with Gasteiger partial charge >= 0.3 is 6.09 Å². The number of carbonyl (C=O) groups excluding carboxylic acids is 2. The van der Waals surface area contributed by atoms with E-state index in [1.807, 2.05) is 15.5 Å². The van der Waals surface area contributed by atoms with Gasteiger partial charge in [0.05, 0.1) is 0 Å². The Labute approximate surface area is 153 Å². The largest absolute Gasteiger partial charge is 0.444 e. The Kier molecular flexibility index (Phi) is 4.82. The quantitative estimate of drug-likeness (QED) is 0.869. The van der Waals surface area contributed by atoms with Crippen molar-refractivity contribution in [3.63, 3.8) is 0 Å². The first-order chi connectivity index (χ1) is 12.1. The van der Waals surface area contributed by atoms with E-state index in [4.69, 9.17) is 4.74 Å². The van der Waals surface area contributed by atoms with Crippen molar-refractivity contribution in [1.29, 1.82) is 0 Å². The summed E-state index contributed by atoms with van der Waals surface area (Å²) in [6, 6.07) is 4.68. The van der Waals surface area contributed by atoms with Crippen LogP contribution < -0.4 is 10.9 Å². The first-order valence-corrected chi connectivity index (χ1v) is 9.12. The maximum atomic E-state index is 12.8. The van der Waals surface area contributed by atoms with Crippen LogP contribution in [0.4, 0.5) is 4.79 Å². The summed E-state index contributed by atoms with van der Waals surface area (Å²) in [5, 5.41) is 2.62. The Balaban J connectivity index is 1.67. The lowest BCUT2D eigenvalue weighted by Crippen LogP contribution is -2.54. The van der Waals surface area contributed by atoms with Crippen molar-refractivity contribution in [1.82, 2.24) is 14.8 Å². The van der Waals surface area contributed by atoms with Crippen LogP contribution in [0, 0.1) is 5.92 Å². The van der Waals surface area contributed by atoms with Crippen LogP contribution in [0.5, 0.6) is 0 Å². The molecule has 26 heavy (non-hydrogen) atoms. The average Bonchev–Trinajstić information content (AvgIpc) is 2.53. The van der Waals surface area contributed by atoms with Gasteiger partial charge in [0, 0.05) is 37.3 Å². The van der Waals surface area contributed by atoms with Gasteiger partial charge in [-0.05, 0) is 46.1 Å². The van der Waals surface area contributed by atoms with E-state index < -0.39 is 17.7 Å². The standard InChI is InChI=1S/C19H27N3O4/c1-12(20-18(25)26-19(2,3)4)17(24)21-9-13-8-14(11-21)15-6-5-7-16(23)22(15)10-13/h5-7,12-14H,8-11H2,1-4H3,(H,20,25)/t12-,13-,14+/m0/s1. The van der Waals surface area contributed by atoms with Crippen molar-refractivity contribution in [2.75, 3.05) is 13.1 Å². The Bertz CT molecular complexity index is 765. The zero-order valence-electron chi connectivity index (χ0n) is 15.8. The number of likely N-dealkylation sites (tertiary alicyclic amines) is 1. The van der Waals surface area contributed by atoms with Crippen LogP contribution in [-0.2, 0) is 16.1 Å². The molecule has 142 valence electrons. The minimum atomic E-state index is -0.651. The summed E-state index contributed by atoms with van der Waals surface area (Å²) < 4.78 is 7.06. The second kappa shape index (κ2) is 6.78. The molecular formula is C19H27N3O4. The van der Waals surface area contributed by atoms with Crippen LogP contribution in [0.25, 0.3) is 0 Å². The van der Waals surface area contributed by atoms with Crippen LogP contribution in [-0.4, -0.2) is 46.2 Å². The van der Waals surface area contributed by atoms with Gasteiger partial charge in [0.1, 0.15) is 11.6 Å². The minimum absolute atomic E-state index is 0.0249. The Hall–Kier alpha value is -2.31. The molecule has 2 aliphatic rings. The summed E-state index contributed by atoms with van der Waals surface area (Å²) in [7, 11) is 0. The molecule has 0 radical (unpaired) electrons. The smallest absolute Gasteiger partial charge is 0.408 e. The molecule has 3 atom stereocenters. The maximum absolute atomic E-state index is 12.8. The molecule has 7 nitrogen and oxygen atoms in total. The van der Waals surface area contributed by atoms with Gasteiger partial charge in [-0.3, -0.25) is 9.59 Å². The predicted octanol–water partition coefficient (Wildman–Crippen LogP) is 1.71. The number of amides is 2. The summed E-state index contributed by atoms with van der Waals surface area (Å²) in [5.74, 6) is 0.311. The minimum Gasteiger partial charge on any atom is -0.444 e. The van der Waals surface area contributed by atoms with Gasteiger partial charge in [0.2, 0.25) is 5.91 Å². The Morgan fingerprint density at radius 2 is 1.96 bits per heavy atom.